The lowest BCUT2D eigenvalue weighted by Crippen LogP contribution is -2.14. The van der Waals surface area contributed by atoms with Gasteiger partial charge in [-0.25, -0.2) is 4.98 Å². The highest BCUT2D eigenvalue weighted by Crippen LogP contribution is 2.40. The summed E-state index contributed by atoms with van der Waals surface area (Å²) in [6, 6.07) is 1.84. The zero-order valence-corrected chi connectivity index (χ0v) is 9.18. The van der Waals surface area contributed by atoms with Crippen LogP contribution >= 0.6 is 11.6 Å². The Labute approximate surface area is 88.0 Å². The molecular weight excluding hydrogens is 202 g/mol. The third-order valence-corrected chi connectivity index (χ3v) is 2.67. The minimum atomic E-state index is -0.296. The molecule has 0 aliphatic carbocycles. The van der Waals surface area contributed by atoms with Gasteiger partial charge in [-0.1, -0.05) is 11.6 Å². The third-order valence-electron chi connectivity index (χ3n) is 2.47. The predicted octanol–water partition coefficient (Wildman–Crippen LogP) is 2.51. The molecule has 3 nitrogen and oxygen atoms in total. The van der Waals surface area contributed by atoms with E-state index in [0.717, 1.165) is 11.1 Å². The first-order valence-corrected chi connectivity index (χ1v) is 4.80. The molecule has 0 bridgehead atoms. The predicted molar refractivity (Wildman–Crippen MR) is 53.6 cm³/mol. The summed E-state index contributed by atoms with van der Waals surface area (Å²) in [5.41, 5.74) is 1.77. The van der Waals surface area contributed by atoms with Crippen LogP contribution in [-0.2, 0) is 16.9 Å². The molecule has 2 rings (SSSR count). The molecular formula is C10H12ClNO2. The van der Waals surface area contributed by atoms with Crippen molar-refractivity contribution in [2.45, 2.75) is 26.1 Å². The second kappa shape index (κ2) is 3.11. The molecule has 76 valence electrons. The molecule has 0 aromatic carbocycles. The number of halogens is 1. The second-order valence-corrected chi connectivity index (χ2v) is 4.17. The van der Waals surface area contributed by atoms with Crippen LogP contribution in [0.3, 0.4) is 0 Å². The molecule has 4 heteroatoms. The summed E-state index contributed by atoms with van der Waals surface area (Å²) in [6.45, 7) is 4.55. The van der Waals surface area contributed by atoms with E-state index in [1.807, 2.05) is 19.9 Å². The monoisotopic (exact) mass is 213 g/mol. The Bertz CT molecular complexity index is 377. The molecule has 0 saturated heterocycles. The fourth-order valence-electron chi connectivity index (χ4n) is 1.69. The maximum Gasteiger partial charge on any atom is 0.220 e. The Morgan fingerprint density at radius 3 is 2.93 bits per heavy atom. The molecule has 0 radical (unpaired) electrons. The molecule has 14 heavy (non-hydrogen) atoms. The maximum atomic E-state index is 5.89. The van der Waals surface area contributed by atoms with Crippen molar-refractivity contribution in [2.24, 2.45) is 0 Å². The summed E-state index contributed by atoms with van der Waals surface area (Å²) < 4.78 is 10.8. The van der Waals surface area contributed by atoms with E-state index >= 15 is 0 Å². The highest BCUT2D eigenvalue weighted by atomic mass is 35.5. The minimum absolute atomic E-state index is 0.296. The first-order valence-electron chi connectivity index (χ1n) is 4.42. The van der Waals surface area contributed by atoms with Gasteiger partial charge in [0.1, 0.15) is 5.15 Å². The summed E-state index contributed by atoms with van der Waals surface area (Å²) in [5.74, 6) is 0.568. The summed E-state index contributed by atoms with van der Waals surface area (Å²) in [5, 5.41) is 0.444. The number of hydrogen-bond donors (Lipinski definition) is 0. The van der Waals surface area contributed by atoms with Gasteiger partial charge < -0.3 is 9.47 Å². The van der Waals surface area contributed by atoms with Gasteiger partial charge >= 0.3 is 0 Å². The lowest BCUT2D eigenvalue weighted by atomic mass is 9.98. The zero-order valence-electron chi connectivity index (χ0n) is 8.43. The van der Waals surface area contributed by atoms with E-state index in [0.29, 0.717) is 17.6 Å². The van der Waals surface area contributed by atoms with Gasteiger partial charge in [-0.05, 0) is 25.5 Å². The first kappa shape index (κ1) is 9.74. The normalized spacial score (nSPS) is 18.0. The average molecular weight is 214 g/mol. The number of pyridine rings is 1. The molecule has 0 atom stereocenters. The van der Waals surface area contributed by atoms with Crippen LogP contribution < -0.4 is 4.74 Å². The summed E-state index contributed by atoms with van der Waals surface area (Å²) in [4.78, 5) is 4.09. The highest BCUT2D eigenvalue weighted by Gasteiger charge is 2.34. The number of methoxy groups -OCH3 is 1. The maximum absolute atomic E-state index is 5.89. The van der Waals surface area contributed by atoms with Crippen molar-refractivity contribution >= 4 is 11.6 Å². The second-order valence-electron chi connectivity index (χ2n) is 3.78. The SMILES string of the molecule is COc1nc(Cl)cc2c1COC2(C)C. The fraction of sp³-hybridized carbons (Fsp3) is 0.500. The Kier molecular flexibility index (Phi) is 2.16. The number of hydrogen-bond acceptors (Lipinski definition) is 3. The van der Waals surface area contributed by atoms with Gasteiger partial charge in [-0.3, -0.25) is 0 Å². The molecule has 1 aromatic rings. The fourth-order valence-corrected chi connectivity index (χ4v) is 1.88. The van der Waals surface area contributed by atoms with E-state index in [4.69, 9.17) is 21.1 Å². The minimum Gasteiger partial charge on any atom is -0.481 e. The summed E-state index contributed by atoms with van der Waals surface area (Å²) in [7, 11) is 1.59. The lowest BCUT2D eigenvalue weighted by molar-refractivity contribution is -0.00814. The lowest BCUT2D eigenvalue weighted by Gasteiger charge is -2.18. The van der Waals surface area contributed by atoms with Gasteiger partial charge in [-0.15, -0.1) is 0 Å². The van der Waals surface area contributed by atoms with E-state index in [-0.39, 0.29) is 5.60 Å². The molecule has 1 aliphatic heterocycles. The number of ether oxygens (including phenoxy) is 2. The van der Waals surface area contributed by atoms with Gasteiger partial charge in [0.15, 0.2) is 0 Å². The quantitative estimate of drug-likeness (QED) is 0.672. The van der Waals surface area contributed by atoms with E-state index < -0.39 is 0 Å². The Morgan fingerprint density at radius 1 is 1.57 bits per heavy atom. The molecule has 2 heterocycles. The molecule has 1 aromatic heterocycles. The van der Waals surface area contributed by atoms with Gasteiger partial charge in [0.2, 0.25) is 5.88 Å². The van der Waals surface area contributed by atoms with Crippen LogP contribution in [0.1, 0.15) is 25.0 Å². The smallest absolute Gasteiger partial charge is 0.220 e. The van der Waals surface area contributed by atoms with Crippen LogP contribution in [0.5, 0.6) is 5.88 Å². The molecule has 0 unspecified atom stereocenters. The first-order chi connectivity index (χ1) is 6.54. The topological polar surface area (TPSA) is 31.4 Å². The Morgan fingerprint density at radius 2 is 2.29 bits per heavy atom. The van der Waals surface area contributed by atoms with Crippen molar-refractivity contribution in [2.75, 3.05) is 7.11 Å². The van der Waals surface area contributed by atoms with Gasteiger partial charge in [-0.2, -0.15) is 0 Å². The summed E-state index contributed by atoms with van der Waals surface area (Å²) >= 11 is 5.89. The van der Waals surface area contributed by atoms with E-state index in [9.17, 15) is 0 Å². The van der Waals surface area contributed by atoms with Gasteiger partial charge in [0.05, 0.1) is 19.3 Å². The summed E-state index contributed by atoms with van der Waals surface area (Å²) in [6.07, 6.45) is 0. The molecule has 0 amide bonds. The van der Waals surface area contributed by atoms with Crippen molar-refractivity contribution in [1.82, 2.24) is 4.98 Å². The third kappa shape index (κ3) is 1.37. The van der Waals surface area contributed by atoms with Crippen molar-refractivity contribution in [3.8, 4) is 5.88 Å². The van der Waals surface area contributed by atoms with Crippen LogP contribution in [0.15, 0.2) is 6.07 Å². The molecule has 0 N–H and O–H groups in total. The Balaban J connectivity index is 2.62. The Hall–Kier alpha value is -0.800. The van der Waals surface area contributed by atoms with E-state index in [1.54, 1.807) is 7.11 Å². The zero-order chi connectivity index (χ0) is 10.3. The van der Waals surface area contributed by atoms with Gasteiger partial charge in [0.25, 0.3) is 0 Å². The van der Waals surface area contributed by atoms with E-state index in [2.05, 4.69) is 4.98 Å². The molecule has 0 saturated carbocycles. The van der Waals surface area contributed by atoms with Gasteiger partial charge in [0, 0.05) is 5.56 Å². The van der Waals surface area contributed by atoms with Crippen LogP contribution in [0.2, 0.25) is 5.15 Å². The standard InChI is InChI=1S/C10H12ClNO2/c1-10(2)7-4-8(11)12-9(13-3)6(7)5-14-10/h4H,5H2,1-3H3. The highest BCUT2D eigenvalue weighted by molar-refractivity contribution is 6.29. The molecule has 1 aliphatic rings. The van der Waals surface area contributed by atoms with Crippen LogP contribution in [0.4, 0.5) is 0 Å². The molecule has 0 spiro atoms. The number of aromatic nitrogens is 1. The average Bonchev–Trinajstić information content (AvgIpc) is 2.42. The van der Waals surface area contributed by atoms with Crippen molar-refractivity contribution < 1.29 is 9.47 Å². The number of fused-ring (bicyclic) bond motifs is 1. The van der Waals surface area contributed by atoms with Crippen LogP contribution in [0, 0.1) is 0 Å². The van der Waals surface area contributed by atoms with Crippen LogP contribution in [0.25, 0.3) is 0 Å². The largest absolute Gasteiger partial charge is 0.481 e. The number of rotatable bonds is 1. The number of nitrogens with zero attached hydrogens (tertiary/aromatic N) is 1. The molecule has 0 fully saturated rings. The van der Waals surface area contributed by atoms with Crippen molar-refractivity contribution in [3.63, 3.8) is 0 Å². The van der Waals surface area contributed by atoms with Crippen LogP contribution in [-0.4, -0.2) is 12.1 Å². The van der Waals surface area contributed by atoms with Crippen molar-refractivity contribution in [3.05, 3.63) is 22.3 Å². The van der Waals surface area contributed by atoms with Crippen molar-refractivity contribution in [1.29, 1.82) is 0 Å². The van der Waals surface area contributed by atoms with E-state index in [1.165, 1.54) is 0 Å².